The summed E-state index contributed by atoms with van der Waals surface area (Å²) in [5, 5.41) is 10.2. The van der Waals surface area contributed by atoms with Gasteiger partial charge in [-0.15, -0.1) is 0 Å². The number of aromatic nitrogens is 2. The molecule has 0 spiro atoms. The Labute approximate surface area is 158 Å². The monoisotopic (exact) mass is 375 g/mol. The molecule has 26 heavy (non-hydrogen) atoms. The molecule has 1 aromatic heterocycles. The van der Waals surface area contributed by atoms with Crippen LogP contribution >= 0.6 is 11.8 Å². The third-order valence-electron chi connectivity index (χ3n) is 4.24. The number of nitrogens with zero attached hydrogens (tertiary/aromatic N) is 3. The highest BCUT2D eigenvalue weighted by atomic mass is 32.2. The van der Waals surface area contributed by atoms with Gasteiger partial charge < -0.3 is 19.3 Å². The number of carbonyl (C=O) groups excluding carboxylic acids is 1. The molecule has 2 atom stereocenters. The molecule has 1 aliphatic heterocycles. The van der Waals surface area contributed by atoms with E-state index >= 15 is 0 Å². The first-order valence-electron chi connectivity index (χ1n) is 8.82. The highest BCUT2D eigenvalue weighted by Crippen LogP contribution is 2.21. The lowest BCUT2D eigenvalue weighted by Crippen LogP contribution is -2.48. The Bertz CT molecular complexity index is 725. The molecule has 0 saturated carbocycles. The van der Waals surface area contributed by atoms with E-state index in [4.69, 9.17) is 4.74 Å². The summed E-state index contributed by atoms with van der Waals surface area (Å²) in [6.07, 6.45) is 1.97. The molecule has 2 aromatic rings. The Morgan fingerprint density at radius 3 is 2.62 bits per heavy atom. The van der Waals surface area contributed by atoms with Crippen molar-refractivity contribution < 1.29 is 14.6 Å². The van der Waals surface area contributed by atoms with Gasteiger partial charge in [0.2, 0.25) is 5.91 Å². The SMILES string of the molecule is C[C@@H]1CN(C(=O)CSc2nc(CO)cn2Cc2ccccc2)C[C@@H](C)O1. The number of hydrogen-bond donors (Lipinski definition) is 1. The third-order valence-corrected chi connectivity index (χ3v) is 5.22. The molecule has 140 valence electrons. The minimum atomic E-state index is -0.109. The lowest BCUT2D eigenvalue weighted by atomic mass is 10.2. The van der Waals surface area contributed by atoms with Gasteiger partial charge >= 0.3 is 0 Å². The molecule has 3 rings (SSSR count). The van der Waals surface area contributed by atoms with E-state index in [2.05, 4.69) is 17.1 Å². The first kappa shape index (κ1) is 18.9. The topological polar surface area (TPSA) is 67.6 Å². The van der Waals surface area contributed by atoms with E-state index in [1.165, 1.54) is 11.8 Å². The number of aliphatic hydroxyl groups is 1. The van der Waals surface area contributed by atoms with Crippen molar-refractivity contribution in [2.45, 2.75) is 44.4 Å². The van der Waals surface area contributed by atoms with Crippen molar-refractivity contribution in [3.8, 4) is 0 Å². The van der Waals surface area contributed by atoms with Crippen LogP contribution in [0.2, 0.25) is 0 Å². The normalized spacial score (nSPS) is 20.3. The largest absolute Gasteiger partial charge is 0.390 e. The summed E-state index contributed by atoms with van der Waals surface area (Å²) >= 11 is 1.42. The molecule has 7 heteroatoms. The second-order valence-electron chi connectivity index (χ2n) is 6.63. The van der Waals surface area contributed by atoms with Crippen molar-refractivity contribution in [3.63, 3.8) is 0 Å². The van der Waals surface area contributed by atoms with Crippen molar-refractivity contribution in [2.24, 2.45) is 0 Å². The minimum absolute atomic E-state index is 0.0637. The molecule has 0 radical (unpaired) electrons. The standard InChI is InChI=1S/C19H25N3O3S/c1-14-8-21(9-15(2)25-14)18(24)13-26-19-20-17(12-23)11-22(19)10-16-6-4-3-5-7-16/h3-7,11,14-15,23H,8-10,12-13H2,1-2H3/t14-,15-/m1/s1. The zero-order valence-electron chi connectivity index (χ0n) is 15.2. The summed E-state index contributed by atoms with van der Waals surface area (Å²) in [5.74, 6) is 0.424. The number of benzene rings is 1. The van der Waals surface area contributed by atoms with Crippen molar-refractivity contribution in [1.29, 1.82) is 0 Å². The molecule has 0 bridgehead atoms. The first-order valence-corrected chi connectivity index (χ1v) is 9.80. The summed E-state index contributed by atoms with van der Waals surface area (Å²) in [6.45, 7) is 5.79. The number of carbonyl (C=O) groups is 1. The van der Waals surface area contributed by atoms with Crippen LogP contribution in [0.5, 0.6) is 0 Å². The maximum Gasteiger partial charge on any atom is 0.233 e. The van der Waals surface area contributed by atoms with Crippen LogP contribution in [0, 0.1) is 0 Å². The van der Waals surface area contributed by atoms with Gasteiger partial charge in [0.25, 0.3) is 0 Å². The fourth-order valence-electron chi connectivity index (χ4n) is 3.13. The van der Waals surface area contributed by atoms with Gasteiger partial charge in [-0.2, -0.15) is 0 Å². The Kier molecular flexibility index (Phi) is 6.34. The lowest BCUT2D eigenvalue weighted by Gasteiger charge is -2.35. The van der Waals surface area contributed by atoms with Crippen LogP contribution in [0.25, 0.3) is 0 Å². The maximum atomic E-state index is 12.6. The molecule has 2 heterocycles. The number of thioether (sulfide) groups is 1. The van der Waals surface area contributed by atoms with Crippen molar-refractivity contribution in [2.75, 3.05) is 18.8 Å². The molecule has 1 saturated heterocycles. The fraction of sp³-hybridized carbons (Fsp3) is 0.474. The van der Waals surface area contributed by atoms with Crippen molar-refractivity contribution in [3.05, 3.63) is 47.8 Å². The summed E-state index contributed by atoms with van der Waals surface area (Å²) in [5.41, 5.74) is 1.77. The van der Waals surface area contributed by atoms with E-state index < -0.39 is 0 Å². The third kappa shape index (κ3) is 4.87. The first-order chi connectivity index (χ1) is 12.5. The zero-order chi connectivity index (χ0) is 18.5. The number of imidazole rings is 1. The molecule has 1 amide bonds. The molecule has 0 aliphatic carbocycles. The average Bonchev–Trinajstić information content (AvgIpc) is 3.01. The lowest BCUT2D eigenvalue weighted by molar-refractivity contribution is -0.140. The molecular formula is C19H25N3O3S. The summed E-state index contributed by atoms with van der Waals surface area (Å²) in [6, 6.07) is 10.1. The molecule has 1 aliphatic rings. The van der Waals surface area contributed by atoms with Crippen LogP contribution in [0.4, 0.5) is 0 Å². The van der Waals surface area contributed by atoms with Gasteiger partial charge in [-0.25, -0.2) is 4.98 Å². The Morgan fingerprint density at radius 2 is 1.96 bits per heavy atom. The highest BCUT2D eigenvalue weighted by molar-refractivity contribution is 7.99. The van der Waals surface area contributed by atoms with E-state index in [-0.39, 0.29) is 24.7 Å². The predicted molar refractivity (Wildman–Crippen MR) is 101 cm³/mol. The summed E-state index contributed by atoms with van der Waals surface area (Å²) < 4.78 is 7.68. The number of amides is 1. The van der Waals surface area contributed by atoms with Gasteiger partial charge in [-0.05, 0) is 19.4 Å². The smallest absolute Gasteiger partial charge is 0.233 e. The summed E-state index contributed by atoms with van der Waals surface area (Å²) in [4.78, 5) is 18.9. The van der Waals surface area contributed by atoms with Crippen LogP contribution < -0.4 is 0 Å². The van der Waals surface area contributed by atoms with E-state index in [1.807, 2.05) is 47.7 Å². The highest BCUT2D eigenvalue weighted by Gasteiger charge is 2.26. The second-order valence-corrected chi connectivity index (χ2v) is 7.57. The van der Waals surface area contributed by atoms with Gasteiger partial charge in [0, 0.05) is 25.8 Å². The van der Waals surface area contributed by atoms with Gasteiger partial charge in [-0.1, -0.05) is 42.1 Å². The Balaban J connectivity index is 1.65. The Hall–Kier alpha value is -1.83. The van der Waals surface area contributed by atoms with Crippen molar-refractivity contribution >= 4 is 17.7 Å². The molecule has 1 aromatic carbocycles. The second kappa shape index (κ2) is 8.70. The van der Waals surface area contributed by atoms with E-state index in [0.717, 1.165) is 10.7 Å². The van der Waals surface area contributed by atoms with Crippen LogP contribution in [-0.2, 0) is 22.7 Å². The van der Waals surface area contributed by atoms with Gasteiger partial charge in [0.1, 0.15) is 0 Å². The van der Waals surface area contributed by atoms with Crippen LogP contribution in [0.3, 0.4) is 0 Å². The number of morpholine rings is 1. The number of aliphatic hydroxyl groups excluding tert-OH is 1. The molecular weight excluding hydrogens is 350 g/mol. The minimum Gasteiger partial charge on any atom is -0.390 e. The predicted octanol–water partition coefficient (Wildman–Crippen LogP) is 2.15. The zero-order valence-corrected chi connectivity index (χ0v) is 16.0. The Morgan fingerprint density at radius 1 is 1.27 bits per heavy atom. The molecule has 6 nitrogen and oxygen atoms in total. The van der Waals surface area contributed by atoms with Gasteiger partial charge in [0.15, 0.2) is 5.16 Å². The van der Waals surface area contributed by atoms with Crippen molar-refractivity contribution in [1.82, 2.24) is 14.5 Å². The summed E-state index contributed by atoms with van der Waals surface area (Å²) in [7, 11) is 0. The average molecular weight is 375 g/mol. The number of ether oxygens (including phenoxy) is 1. The number of hydrogen-bond acceptors (Lipinski definition) is 5. The molecule has 1 N–H and O–H groups in total. The quantitative estimate of drug-likeness (QED) is 0.784. The van der Waals surface area contributed by atoms with Crippen LogP contribution in [-0.4, -0.2) is 56.5 Å². The van der Waals surface area contributed by atoms with E-state index in [1.54, 1.807) is 0 Å². The van der Waals surface area contributed by atoms with Crippen LogP contribution in [0.1, 0.15) is 25.1 Å². The van der Waals surface area contributed by atoms with Gasteiger partial charge in [-0.3, -0.25) is 4.79 Å². The van der Waals surface area contributed by atoms with E-state index in [0.29, 0.717) is 31.1 Å². The number of rotatable bonds is 6. The fourth-order valence-corrected chi connectivity index (χ4v) is 4.03. The maximum absolute atomic E-state index is 12.6. The van der Waals surface area contributed by atoms with Crippen LogP contribution in [0.15, 0.2) is 41.7 Å². The van der Waals surface area contributed by atoms with E-state index in [9.17, 15) is 9.90 Å². The molecule has 1 fully saturated rings. The van der Waals surface area contributed by atoms with Gasteiger partial charge in [0.05, 0.1) is 30.3 Å². The molecule has 0 unspecified atom stereocenters.